The second-order valence-corrected chi connectivity index (χ2v) is 5.83. The van der Waals surface area contributed by atoms with Crippen LogP contribution in [0.1, 0.15) is 31.4 Å². The topological polar surface area (TPSA) is 96.9 Å². The molecule has 1 aromatic carbocycles. The first kappa shape index (κ1) is 17.1. The van der Waals surface area contributed by atoms with Crippen molar-refractivity contribution in [3.05, 3.63) is 34.3 Å². The number of nitrogens with one attached hydrogen (secondary N) is 2. The molecule has 7 nitrogen and oxygen atoms in total. The Hall–Kier alpha value is -2.22. The van der Waals surface area contributed by atoms with E-state index in [0.29, 0.717) is 0 Å². The Morgan fingerprint density at radius 2 is 2.13 bits per heavy atom. The number of halogens is 1. The molecule has 2 N–H and O–H groups in total. The molecule has 1 atom stereocenters. The van der Waals surface area contributed by atoms with Gasteiger partial charge in [0.15, 0.2) is 6.61 Å². The van der Waals surface area contributed by atoms with Crippen molar-refractivity contribution in [2.75, 3.05) is 6.61 Å². The van der Waals surface area contributed by atoms with E-state index in [2.05, 4.69) is 31.8 Å². The van der Waals surface area contributed by atoms with Crippen LogP contribution in [0.3, 0.4) is 0 Å². The first-order valence-electron chi connectivity index (χ1n) is 7.03. The lowest BCUT2D eigenvalue weighted by Crippen LogP contribution is -2.34. The van der Waals surface area contributed by atoms with Crippen LogP contribution in [0.4, 0.5) is 0 Å². The summed E-state index contributed by atoms with van der Waals surface area (Å²) in [5.74, 6) is -1.36. The van der Waals surface area contributed by atoms with Crippen LogP contribution in [0.5, 0.6) is 0 Å². The van der Waals surface area contributed by atoms with Crippen LogP contribution in [0.25, 0.3) is 0 Å². The summed E-state index contributed by atoms with van der Waals surface area (Å²) in [4.78, 5) is 34.5. The van der Waals surface area contributed by atoms with E-state index in [1.54, 1.807) is 0 Å². The van der Waals surface area contributed by atoms with E-state index in [9.17, 15) is 14.4 Å². The van der Waals surface area contributed by atoms with Gasteiger partial charge in [0.1, 0.15) is 5.71 Å². The number of nitrogens with zero attached hydrogens (tertiary/aromatic N) is 1. The van der Waals surface area contributed by atoms with Gasteiger partial charge in [-0.15, -0.1) is 0 Å². The van der Waals surface area contributed by atoms with Crippen LogP contribution in [0, 0.1) is 0 Å². The highest BCUT2D eigenvalue weighted by Gasteiger charge is 2.21. The number of hydrogen-bond acceptors (Lipinski definition) is 5. The molecule has 0 unspecified atom stereocenters. The number of carbonyl (C=O) groups excluding carboxylic acids is 3. The van der Waals surface area contributed by atoms with E-state index in [0.717, 1.165) is 10.0 Å². The van der Waals surface area contributed by atoms with Gasteiger partial charge in [-0.2, -0.15) is 5.10 Å². The van der Waals surface area contributed by atoms with Gasteiger partial charge < -0.3 is 10.1 Å². The van der Waals surface area contributed by atoms with E-state index < -0.39 is 18.5 Å². The van der Waals surface area contributed by atoms with Crippen LogP contribution in [-0.4, -0.2) is 30.1 Å². The number of hydrazone groups is 1. The maximum atomic E-state index is 11.9. The monoisotopic (exact) mass is 381 g/mol. The van der Waals surface area contributed by atoms with Crippen molar-refractivity contribution >= 4 is 39.4 Å². The van der Waals surface area contributed by atoms with Crippen LogP contribution in [0.2, 0.25) is 0 Å². The number of amides is 2. The molecule has 8 heteroatoms. The van der Waals surface area contributed by atoms with Crippen LogP contribution in [0.15, 0.2) is 33.8 Å². The van der Waals surface area contributed by atoms with Gasteiger partial charge in [-0.05, 0) is 18.6 Å². The molecular formula is C15H16BrN3O4. The summed E-state index contributed by atoms with van der Waals surface area (Å²) in [6.07, 6.45) is 0.388. The quantitative estimate of drug-likeness (QED) is 0.754. The zero-order chi connectivity index (χ0) is 16.8. The molecule has 0 radical (unpaired) electrons. The Labute approximate surface area is 141 Å². The highest BCUT2D eigenvalue weighted by atomic mass is 79.9. The second-order valence-electron chi connectivity index (χ2n) is 4.98. The van der Waals surface area contributed by atoms with Gasteiger partial charge in [0.25, 0.3) is 5.91 Å². The zero-order valence-electron chi connectivity index (χ0n) is 12.5. The number of ether oxygens (including phenoxy) is 1. The lowest BCUT2D eigenvalue weighted by molar-refractivity contribution is -0.142. The van der Waals surface area contributed by atoms with Crippen LogP contribution >= 0.6 is 15.9 Å². The first-order chi connectivity index (χ1) is 11.0. The number of benzene rings is 1. The third-order valence-electron chi connectivity index (χ3n) is 3.22. The van der Waals surface area contributed by atoms with Crippen molar-refractivity contribution in [1.82, 2.24) is 10.7 Å². The second kappa shape index (κ2) is 7.87. The Balaban J connectivity index is 1.82. The molecule has 0 aromatic heterocycles. The first-order valence-corrected chi connectivity index (χ1v) is 7.83. The van der Waals surface area contributed by atoms with Crippen molar-refractivity contribution in [3.8, 4) is 0 Å². The smallest absolute Gasteiger partial charge is 0.355 e. The van der Waals surface area contributed by atoms with Gasteiger partial charge in [0.05, 0.1) is 6.04 Å². The largest absolute Gasteiger partial charge is 0.451 e. The standard InChI is InChI=1S/C15H16BrN3O4/c1-9(10-4-2-3-5-11(10)16)17-14(21)8-23-15(22)12-6-7-13(20)19-18-12/h2-5,9H,6-8H2,1H3,(H,17,21)(H,19,20)/t9-/m0/s1. The average molecular weight is 382 g/mol. The predicted octanol–water partition coefficient (Wildman–Crippen LogP) is 1.44. The molecule has 2 rings (SSSR count). The fourth-order valence-electron chi connectivity index (χ4n) is 2.02. The molecular weight excluding hydrogens is 366 g/mol. The molecule has 1 aliphatic rings. The maximum absolute atomic E-state index is 11.9. The molecule has 23 heavy (non-hydrogen) atoms. The fraction of sp³-hybridized carbons (Fsp3) is 0.333. The van der Waals surface area contributed by atoms with Gasteiger partial charge in [0.2, 0.25) is 5.91 Å². The van der Waals surface area contributed by atoms with Crippen molar-refractivity contribution < 1.29 is 19.1 Å². The van der Waals surface area contributed by atoms with E-state index in [4.69, 9.17) is 4.74 Å². The van der Waals surface area contributed by atoms with Gasteiger partial charge >= 0.3 is 5.97 Å². The van der Waals surface area contributed by atoms with Crippen molar-refractivity contribution in [3.63, 3.8) is 0 Å². The number of esters is 1. The average Bonchev–Trinajstić information content (AvgIpc) is 2.53. The third kappa shape index (κ3) is 4.88. The molecule has 1 heterocycles. The van der Waals surface area contributed by atoms with E-state index in [-0.39, 0.29) is 30.5 Å². The third-order valence-corrected chi connectivity index (χ3v) is 3.95. The lowest BCUT2D eigenvalue weighted by atomic mass is 10.1. The SMILES string of the molecule is C[C@H](NC(=O)COC(=O)C1=NNC(=O)CC1)c1ccccc1Br. The summed E-state index contributed by atoms with van der Waals surface area (Å²) >= 11 is 3.42. The zero-order valence-corrected chi connectivity index (χ0v) is 14.1. The minimum absolute atomic E-state index is 0.108. The molecule has 1 aliphatic heterocycles. The molecule has 0 saturated carbocycles. The summed E-state index contributed by atoms with van der Waals surface area (Å²) in [6, 6.07) is 7.29. The maximum Gasteiger partial charge on any atom is 0.355 e. The van der Waals surface area contributed by atoms with E-state index in [1.807, 2.05) is 31.2 Å². The van der Waals surface area contributed by atoms with Gasteiger partial charge in [0, 0.05) is 17.3 Å². The molecule has 122 valence electrons. The van der Waals surface area contributed by atoms with Gasteiger partial charge in [-0.1, -0.05) is 34.1 Å². The fourth-order valence-corrected chi connectivity index (χ4v) is 2.65. The van der Waals surface area contributed by atoms with E-state index in [1.165, 1.54) is 0 Å². The van der Waals surface area contributed by atoms with Crippen LogP contribution < -0.4 is 10.7 Å². The minimum Gasteiger partial charge on any atom is -0.451 e. The molecule has 0 bridgehead atoms. The van der Waals surface area contributed by atoms with Crippen molar-refractivity contribution in [2.45, 2.75) is 25.8 Å². The highest BCUT2D eigenvalue weighted by Crippen LogP contribution is 2.22. The number of hydrogen-bond donors (Lipinski definition) is 2. The Kier molecular flexibility index (Phi) is 5.86. The molecule has 0 spiro atoms. The molecule has 0 saturated heterocycles. The highest BCUT2D eigenvalue weighted by molar-refractivity contribution is 9.10. The molecule has 2 amide bonds. The van der Waals surface area contributed by atoms with Crippen molar-refractivity contribution in [1.29, 1.82) is 0 Å². The summed E-state index contributed by atoms with van der Waals surface area (Å²) in [7, 11) is 0. The summed E-state index contributed by atoms with van der Waals surface area (Å²) in [5, 5.41) is 6.36. The lowest BCUT2D eigenvalue weighted by Gasteiger charge is -2.16. The van der Waals surface area contributed by atoms with Crippen LogP contribution in [-0.2, 0) is 19.1 Å². The predicted molar refractivity (Wildman–Crippen MR) is 86.5 cm³/mol. The molecule has 0 fully saturated rings. The summed E-state index contributed by atoms with van der Waals surface area (Å²) < 4.78 is 5.79. The van der Waals surface area contributed by atoms with Crippen molar-refractivity contribution in [2.24, 2.45) is 5.10 Å². The molecule has 0 aliphatic carbocycles. The number of carbonyl (C=O) groups is 3. The Morgan fingerprint density at radius 3 is 2.78 bits per heavy atom. The molecule has 1 aromatic rings. The van der Waals surface area contributed by atoms with E-state index >= 15 is 0 Å². The Morgan fingerprint density at radius 1 is 1.39 bits per heavy atom. The number of rotatable bonds is 5. The summed E-state index contributed by atoms with van der Waals surface area (Å²) in [5.41, 5.74) is 3.23. The normalized spacial score (nSPS) is 15.2. The van der Waals surface area contributed by atoms with Gasteiger partial charge in [-0.25, -0.2) is 10.2 Å². The van der Waals surface area contributed by atoms with Gasteiger partial charge in [-0.3, -0.25) is 9.59 Å². The Bertz CT molecular complexity index is 660. The summed E-state index contributed by atoms with van der Waals surface area (Å²) in [6.45, 7) is 1.43. The minimum atomic E-state index is -0.700.